The van der Waals surface area contributed by atoms with E-state index in [-0.39, 0.29) is 5.92 Å². The maximum atomic E-state index is 11.0. The summed E-state index contributed by atoms with van der Waals surface area (Å²) < 4.78 is 0. The SMILES string of the molecule is CSc1ccc(CN[C@H](C(=O)O)C(C)C)cc1. The predicted octanol–water partition coefficient (Wildman–Crippen LogP) is 2.61. The van der Waals surface area contributed by atoms with E-state index in [0.29, 0.717) is 6.54 Å². The molecule has 4 heteroatoms. The first-order valence-corrected chi connectivity index (χ1v) is 6.86. The Kier molecular flexibility index (Phi) is 5.51. The lowest BCUT2D eigenvalue weighted by molar-refractivity contribution is -0.140. The molecule has 1 aromatic carbocycles. The molecule has 0 fully saturated rings. The highest BCUT2D eigenvalue weighted by Gasteiger charge is 2.20. The number of hydrogen-bond donors (Lipinski definition) is 2. The van der Waals surface area contributed by atoms with Crippen LogP contribution in [0.5, 0.6) is 0 Å². The standard InChI is InChI=1S/C13H19NO2S/c1-9(2)12(13(15)16)14-8-10-4-6-11(17-3)7-5-10/h4-7,9,12,14H,8H2,1-3H3,(H,15,16)/t12-/m0/s1. The Labute approximate surface area is 107 Å². The van der Waals surface area contributed by atoms with E-state index < -0.39 is 12.0 Å². The monoisotopic (exact) mass is 253 g/mol. The van der Waals surface area contributed by atoms with Gasteiger partial charge in [0, 0.05) is 11.4 Å². The molecule has 0 heterocycles. The van der Waals surface area contributed by atoms with Crippen LogP contribution in [0.15, 0.2) is 29.2 Å². The first kappa shape index (κ1) is 14.1. The zero-order valence-electron chi connectivity index (χ0n) is 10.4. The summed E-state index contributed by atoms with van der Waals surface area (Å²) in [7, 11) is 0. The van der Waals surface area contributed by atoms with Gasteiger partial charge in [-0.3, -0.25) is 4.79 Å². The summed E-state index contributed by atoms with van der Waals surface area (Å²) in [4.78, 5) is 12.2. The van der Waals surface area contributed by atoms with Crippen LogP contribution < -0.4 is 5.32 Å². The van der Waals surface area contributed by atoms with Crippen molar-refractivity contribution >= 4 is 17.7 Å². The molecule has 0 saturated heterocycles. The summed E-state index contributed by atoms with van der Waals surface area (Å²) in [5.41, 5.74) is 1.11. The summed E-state index contributed by atoms with van der Waals surface area (Å²) in [6.45, 7) is 4.40. The van der Waals surface area contributed by atoms with Gasteiger partial charge in [0.05, 0.1) is 0 Å². The fourth-order valence-electron chi connectivity index (χ4n) is 1.58. The average molecular weight is 253 g/mol. The maximum Gasteiger partial charge on any atom is 0.320 e. The Morgan fingerprint density at radius 1 is 1.35 bits per heavy atom. The number of benzene rings is 1. The van der Waals surface area contributed by atoms with Crippen LogP contribution in [0.25, 0.3) is 0 Å². The van der Waals surface area contributed by atoms with E-state index in [1.165, 1.54) is 4.90 Å². The van der Waals surface area contributed by atoms with Crippen molar-refractivity contribution in [2.45, 2.75) is 31.3 Å². The maximum absolute atomic E-state index is 11.0. The summed E-state index contributed by atoms with van der Waals surface area (Å²) in [5, 5.41) is 12.1. The molecule has 1 atom stereocenters. The molecule has 0 aliphatic heterocycles. The number of aliphatic carboxylic acids is 1. The molecule has 17 heavy (non-hydrogen) atoms. The van der Waals surface area contributed by atoms with E-state index in [4.69, 9.17) is 5.11 Å². The van der Waals surface area contributed by atoms with Crippen molar-refractivity contribution < 1.29 is 9.90 Å². The minimum Gasteiger partial charge on any atom is -0.480 e. The number of nitrogens with one attached hydrogen (secondary N) is 1. The second kappa shape index (κ2) is 6.67. The quantitative estimate of drug-likeness (QED) is 0.765. The minimum absolute atomic E-state index is 0.0815. The third kappa shape index (κ3) is 4.40. The second-order valence-electron chi connectivity index (χ2n) is 4.29. The van der Waals surface area contributed by atoms with Gasteiger partial charge in [0.15, 0.2) is 0 Å². The molecule has 0 amide bonds. The lowest BCUT2D eigenvalue weighted by Gasteiger charge is -2.17. The second-order valence-corrected chi connectivity index (χ2v) is 5.17. The fraction of sp³-hybridized carbons (Fsp3) is 0.462. The van der Waals surface area contributed by atoms with Gasteiger partial charge in [-0.15, -0.1) is 11.8 Å². The molecule has 0 saturated carbocycles. The molecule has 1 aromatic rings. The van der Waals surface area contributed by atoms with Crippen molar-refractivity contribution in [2.24, 2.45) is 5.92 Å². The number of thioether (sulfide) groups is 1. The molecule has 0 aromatic heterocycles. The van der Waals surface area contributed by atoms with Gasteiger partial charge in [-0.1, -0.05) is 26.0 Å². The van der Waals surface area contributed by atoms with Crippen molar-refractivity contribution in [3.8, 4) is 0 Å². The predicted molar refractivity (Wildman–Crippen MR) is 71.3 cm³/mol. The van der Waals surface area contributed by atoms with Gasteiger partial charge >= 0.3 is 5.97 Å². The molecule has 0 spiro atoms. The Balaban J connectivity index is 2.56. The molecule has 0 unspecified atom stereocenters. The number of rotatable bonds is 6. The van der Waals surface area contributed by atoms with Crippen LogP contribution in [-0.2, 0) is 11.3 Å². The van der Waals surface area contributed by atoms with E-state index in [1.54, 1.807) is 11.8 Å². The van der Waals surface area contributed by atoms with Crippen molar-refractivity contribution in [2.75, 3.05) is 6.26 Å². The summed E-state index contributed by atoms with van der Waals surface area (Å²) in [6, 6.07) is 7.66. The molecule has 0 aliphatic carbocycles. The third-order valence-corrected chi connectivity index (χ3v) is 3.36. The lowest BCUT2D eigenvalue weighted by atomic mass is 10.0. The highest BCUT2D eigenvalue weighted by molar-refractivity contribution is 7.98. The van der Waals surface area contributed by atoms with Crippen LogP contribution in [0, 0.1) is 5.92 Å². The van der Waals surface area contributed by atoms with Crippen molar-refractivity contribution in [3.63, 3.8) is 0 Å². The van der Waals surface area contributed by atoms with Crippen molar-refractivity contribution in [1.29, 1.82) is 0 Å². The van der Waals surface area contributed by atoms with Crippen LogP contribution in [0.3, 0.4) is 0 Å². The van der Waals surface area contributed by atoms with Crippen molar-refractivity contribution in [1.82, 2.24) is 5.32 Å². The Bertz CT molecular complexity index is 362. The first-order chi connectivity index (χ1) is 8.04. The Hall–Kier alpha value is -1.00. The average Bonchev–Trinajstić information content (AvgIpc) is 2.29. The topological polar surface area (TPSA) is 49.3 Å². The van der Waals surface area contributed by atoms with E-state index >= 15 is 0 Å². The van der Waals surface area contributed by atoms with Gasteiger partial charge in [0.25, 0.3) is 0 Å². The molecular formula is C13H19NO2S. The van der Waals surface area contributed by atoms with E-state index in [2.05, 4.69) is 5.32 Å². The van der Waals surface area contributed by atoms with Crippen LogP contribution in [-0.4, -0.2) is 23.4 Å². The Morgan fingerprint density at radius 3 is 2.35 bits per heavy atom. The Morgan fingerprint density at radius 2 is 1.94 bits per heavy atom. The van der Waals surface area contributed by atoms with Gasteiger partial charge in [-0.05, 0) is 29.9 Å². The van der Waals surface area contributed by atoms with E-state index in [0.717, 1.165) is 5.56 Å². The van der Waals surface area contributed by atoms with E-state index in [9.17, 15) is 4.79 Å². The zero-order valence-corrected chi connectivity index (χ0v) is 11.3. The molecule has 1 rings (SSSR count). The summed E-state index contributed by atoms with van der Waals surface area (Å²) >= 11 is 1.70. The van der Waals surface area contributed by atoms with Gasteiger partial charge in [0.2, 0.25) is 0 Å². The summed E-state index contributed by atoms with van der Waals surface area (Å²) in [5.74, 6) is -0.710. The lowest BCUT2D eigenvalue weighted by Crippen LogP contribution is -2.40. The number of carbonyl (C=O) groups is 1. The smallest absolute Gasteiger partial charge is 0.320 e. The number of hydrogen-bond acceptors (Lipinski definition) is 3. The minimum atomic E-state index is -0.791. The van der Waals surface area contributed by atoms with Gasteiger partial charge in [-0.2, -0.15) is 0 Å². The first-order valence-electron chi connectivity index (χ1n) is 5.63. The highest BCUT2D eigenvalue weighted by Crippen LogP contribution is 2.15. The van der Waals surface area contributed by atoms with Gasteiger partial charge in [0.1, 0.15) is 6.04 Å². The molecule has 0 radical (unpaired) electrons. The normalized spacial score (nSPS) is 12.7. The number of carboxylic acids is 1. The number of carboxylic acid groups (broad SMARTS) is 1. The molecule has 3 nitrogen and oxygen atoms in total. The molecule has 2 N–H and O–H groups in total. The highest BCUT2D eigenvalue weighted by atomic mass is 32.2. The molecule has 0 aliphatic rings. The van der Waals surface area contributed by atoms with Gasteiger partial charge < -0.3 is 10.4 Å². The fourth-order valence-corrected chi connectivity index (χ4v) is 1.99. The third-order valence-electron chi connectivity index (χ3n) is 2.62. The zero-order chi connectivity index (χ0) is 12.8. The van der Waals surface area contributed by atoms with Gasteiger partial charge in [-0.25, -0.2) is 0 Å². The summed E-state index contributed by atoms with van der Waals surface area (Å²) in [6.07, 6.45) is 2.03. The van der Waals surface area contributed by atoms with Crippen molar-refractivity contribution in [3.05, 3.63) is 29.8 Å². The largest absolute Gasteiger partial charge is 0.480 e. The van der Waals surface area contributed by atoms with Crippen LogP contribution in [0.1, 0.15) is 19.4 Å². The molecule has 0 bridgehead atoms. The molecule has 94 valence electrons. The molecular weight excluding hydrogens is 234 g/mol. The van der Waals surface area contributed by atoms with Crippen LogP contribution in [0.4, 0.5) is 0 Å². The van der Waals surface area contributed by atoms with Crippen LogP contribution >= 0.6 is 11.8 Å². The van der Waals surface area contributed by atoms with E-state index in [1.807, 2.05) is 44.4 Å². The van der Waals surface area contributed by atoms with Crippen LogP contribution in [0.2, 0.25) is 0 Å².